The molecule has 0 aromatic carbocycles. The molecule has 3 heteroatoms. The van der Waals surface area contributed by atoms with Crippen LogP contribution >= 0.6 is 0 Å². The van der Waals surface area contributed by atoms with Gasteiger partial charge in [-0.25, -0.2) is 0 Å². The highest BCUT2D eigenvalue weighted by Crippen LogP contribution is 1.90. The maximum atomic E-state index is 10.6. The quantitative estimate of drug-likeness (QED) is 0.479. The van der Waals surface area contributed by atoms with Crippen LogP contribution in [0.2, 0.25) is 0 Å². The molecule has 1 N–H and O–H groups in total. The lowest BCUT2D eigenvalue weighted by molar-refractivity contribution is -0.140. The van der Waals surface area contributed by atoms with E-state index in [0.717, 1.165) is 18.7 Å². The average Bonchev–Trinajstić information content (AvgIpc) is 1.97. The van der Waals surface area contributed by atoms with Crippen LogP contribution in [-0.4, -0.2) is 19.6 Å². The summed E-state index contributed by atoms with van der Waals surface area (Å²) in [6.45, 7) is 6.33. The molecule has 0 amide bonds. The number of nitrogens with one attached hydrogen (secondary N) is 1. The molecule has 64 valence electrons. The molecule has 0 aromatic rings. The number of esters is 1. The summed E-state index contributed by atoms with van der Waals surface area (Å²) in [7, 11) is 1.40. The molecule has 11 heavy (non-hydrogen) atoms. The zero-order valence-corrected chi connectivity index (χ0v) is 7.14. The second-order valence-electron chi connectivity index (χ2n) is 2.39. The van der Waals surface area contributed by atoms with Gasteiger partial charge in [0.05, 0.1) is 7.11 Å². The van der Waals surface area contributed by atoms with Crippen molar-refractivity contribution in [1.82, 2.24) is 5.32 Å². The van der Waals surface area contributed by atoms with Crippen molar-refractivity contribution in [1.29, 1.82) is 0 Å². The van der Waals surface area contributed by atoms with E-state index >= 15 is 0 Å². The standard InChI is InChI=1S/C8H15NO2/c1-7(2)9-6-4-5-8(10)11-3/h9H,1,4-6H2,2-3H3. The van der Waals surface area contributed by atoms with Crippen LogP contribution in [0, 0.1) is 0 Å². The summed E-state index contributed by atoms with van der Waals surface area (Å²) in [5, 5.41) is 3.02. The van der Waals surface area contributed by atoms with E-state index in [4.69, 9.17) is 0 Å². The first-order valence-electron chi connectivity index (χ1n) is 3.63. The summed E-state index contributed by atoms with van der Waals surface area (Å²) < 4.78 is 4.47. The Morgan fingerprint density at radius 1 is 1.64 bits per heavy atom. The van der Waals surface area contributed by atoms with Crippen molar-refractivity contribution in [3.8, 4) is 0 Å². The number of hydrogen-bond acceptors (Lipinski definition) is 3. The Balaban J connectivity index is 3.14. The third kappa shape index (κ3) is 6.90. The Bertz CT molecular complexity index is 143. The summed E-state index contributed by atoms with van der Waals surface area (Å²) in [6.07, 6.45) is 1.26. The number of carbonyl (C=O) groups excluding carboxylic acids is 1. The van der Waals surface area contributed by atoms with Gasteiger partial charge in [0.2, 0.25) is 0 Å². The molecule has 0 unspecified atom stereocenters. The fourth-order valence-corrected chi connectivity index (χ4v) is 0.637. The first kappa shape index (κ1) is 10.0. The van der Waals surface area contributed by atoms with E-state index < -0.39 is 0 Å². The minimum atomic E-state index is -0.159. The largest absolute Gasteiger partial charge is 0.469 e. The van der Waals surface area contributed by atoms with Crippen molar-refractivity contribution in [2.24, 2.45) is 0 Å². The maximum Gasteiger partial charge on any atom is 0.305 e. The Morgan fingerprint density at radius 3 is 2.73 bits per heavy atom. The molecule has 0 rings (SSSR count). The van der Waals surface area contributed by atoms with Crippen molar-refractivity contribution >= 4 is 5.97 Å². The lowest BCUT2D eigenvalue weighted by Gasteiger charge is -2.03. The van der Waals surface area contributed by atoms with Crippen LogP contribution in [0.1, 0.15) is 19.8 Å². The first-order chi connectivity index (χ1) is 5.16. The molecular weight excluding hydrogens is 142 g/mol. The van der Waals surface area contributed by atoms with E-state index in [2.05, 4.69) is 16.6 Å². The molecule has 0 bridgehead atoms. The van der Waals surface area contributed by atoms with Crippen LogP contribution in [-0.2, 0) is 9.53 Å². The summed E-state index contributed by atoms with van der Waals surface area (Å²) in [6, 6.07) is 0. The fourth-order valence-electron chi connectivity index (χ4n) is 0.637. The Kier molecular flexibility index (Phi) is 5.25. The van der Waals surface area contributed by atoms with E-state index in [9.17, 15) is 4.79 Å². The van der Waals surface area contributed by atoms with Gasteiger partial charge < -0.3 is 10.1 Å². The predicted octanol–water partition coefficient (Wildman–Crippen LogP) is 1.06. The highest BCUT2D eigenvalue weighted by atomic mass is 16.5. The van der Waals surface area contributed by atoms with Crippen LogP contribution in [0.4, 0.5) is 0 Å². The van der Waals surface area contributed by atoms with E-state index in [1.54, 1.807) is 0 Å². The molecule has 0 radical (unpaired) electrons. The monoisotopic (exact) mass is 157 g/mol. The molecule has 0 aromatic heterocycles. The Labute approximate surface area is 67.4 Å². The summed E-state index contributed by atoms with van der Waals surface area (Å²) in [5.41, 5.74) is 0.926. The molecule has 0 aliphatic carbocycles. The average molecular weight is 157 g/mol. The van der Waals surface area contributed by atoms with Gasteiger partial charge in [-0.15, -0.1) is 0 Å². The van der Waals surface area contributed by atoms with Crippen LogP contribution in [0.5, 0.6) is 0 Å². The minimum absolute atomic E-state index is 0.159. The molecule has 0 aliphatic rings. The highest BCUT2D eigenvalue weighted by Gasteiger charge is 1.97. The Hall–Kier alpha value is -0.990. The van der Waals surface area contributed by atoms with Crippen molar-refractivity contribution in [3.05, 3.63) is 12.3 Å². The lowest BCUT2D eigenvalue weighted by atomic mass is 10.3. The Morgan fingerprint density at radius 2 is 2.27 bits per heavy atom. The number of allylic oxidation sites excluding steroid dienone is 1. The van der Waals surface area contributed by atoms with Gasteiger partial charge in [-0.05, 0) is 13.3 Å². The van der Waals surface area contributed by atoms with Gasteiger partial charge in [0.15, 0.2) is 0 Å². The molecule has 0 spiro atoms. The normalized spacial score (nSPS) is 8.91. The summed E-state index contributed by atoms with van der Waals surface area (Å²) >= 11 is 0. The SMILES string of the molecule is C=C(C)NCCCC(=O)OC. The predicted molar refractivity (Wildman–Crippen MR) is 44.1 cm³/mol. The molecule has 0 saturated heterocycles. The number of carbonyl (C=O) groups is 1. The number of rotatable bonds is 5. The van der Waals surface area contributed by atoms with E-state index in [1.807, 2.05) is 6.92 Å². The highest BCUT2D eigenvalue weighted by molar-refractivity contribution is 5.69. The number of methoxy groups -OCH3 is 1. The third-order valence-electron chi connectivity index (χ3n) is 1.21. The van der Waals surface area contributed by atoms with Crippen LogP contribution < -0.4 is 5.32 Å². The topological polar surface area (TPSA) is 38.3 Å². The van der Waals surface area contributed by atoms with Gasteiger partial charge in [-0.2, -0.15) is 0 Å². The zero-order valence-electron chi connectivity index (χ0n) is 7.14. The van der Waals surface area contributed by atoms with Crippen molar-refractivity contribution in [2.75, 3.05) is 13.7 Å². The van der Waals surface area contributed by atoms with E-state index in [-0.39, 0.29) is 5.97 Å². The van der Waals surface area contributed by atoms with Crippen molar-refractivity contribution < 1.29 is 9.53 Å². The van der Waals surface area contributed by atoms with Crippen molar-refractivity contribution in [3.63, 3.8) is 0 Å². The molecular formula is C8H15NO2. The molecule has 3 nitrogen and oxygen atoms in total. The molecule has 0 heterocycles. The minimum Gasteiger partial charge on any atom is -0.469 e. The third-order valence-corrected chi connectivity index (χ3v) is 1.21. The smallest absolute Gasteiger partial charge is 0.305 e. The first-order valence-corrected chi connectivity index (χ1v) is 3.63. The van der Waals surface area contributed by atoms with Gasteiger partial charge >= 0.3 is 5.97 Å². The van der Waals surface area contributed by atoms with Gasteiger partial charge in [-0.1, -0.05) is 6.58 Å². The van der Waals surface area contributed by atoms with Gasteiger partial charge in [-0.3, -0.25) is 4.79 Å². The molecule has 0 saturated carbocycles. The van der Waals surface area contributed by atoms with Gasteiger partial charge in [0, 0.05) is 18.7 Å². The summed E-state index contributed by atoms with van der Waals surface area (Å²) in [4.78, 5) is 10.6. The second-order valence-corrected chi connectivity index (χ2v) is 2.39. The van der Waals surface area contributed by atoms with Gasteiger partial charge in [0.1, 0.15) is 0 Å². The van der Waals surface area contributed by atoms with Gasteiger partial charge in [0.25, 0.3) is 0 Å². The van der Waals surface area contributed by atoms with Crippen LogP contribution in [0.15, 0.2) is 12.3 Å². The molecule has 0 atom stereocenters. The maximum absolute atomic E-state index is 10.6. The van der Waals surface area contributed by atoms with E-state index in [0.29, 0.717) is 6.42 Å². The van der Waals surface area contributed by atoms with Crippen LogP contribution in [0.3, 0.4) is 0 Å². The lowest BCUT2D eigenvalue weighted by Crippen LogP contribution is -2.13. The number of ether oxygens (including phenoxy) is 1. The molecule has 0 fully saturated rings. The fraction of sp³-hybridized carbons (Fsp3) is 0.625. The van der Waals surface area contributed by atoms with Crippen LogP contribution in [0.25, 0.3) is 0 Å². The molecule has 0 aliphatic heterocycles. The summed E-state index contributed by atoms with van der Waals surface area (Å²) in [5.74, 6) is -0.159. The number of hydrogen-bond donors (Lipinski definition) is 1. The van der Waals surface area contributed by atoms with Crippen molar-refractivity contribution in [2.45, 2.75) is 19.8 Å². The van der Waals surface area contributed by atoms with E-state index in [1.165, 1.54) is 7.11 Å². The zero-order chi connectivity index (χ0) is 8.69. The second kappa shape index (κ2) is 5.77.